The van der Waals surface area contributed by atoms with E-state index in [0.29, 0.717) is 17.6 Å². The Morgan fingerprint density at radius 2 is 2.14 bits per heavy atom. The summed E-state index contributed by atoms with van der Waals surface area (Å²) in [7, 11) is 0. The van der Waals surface area contributed by atoms with Crippen LogP contribution < -0.4 is 5.73 Å². The lowest BCUT2D eigenvalue weighted by Gasteiger charge is -1.97. The molecule has 0 radical (unpaired) electrons. The Labute approximate surface area is 131 Å². The third-order valence-corrected chi connectivity index (χ3v) is 3.79. The fraction of sp³-hybridized carbons (Fsp3) is 0.133. The Morgan fingerprint density at radius 1 is 1.32 bits per heavy atom. The molecule has 0 aliphatic carbocycles. The second-order valence-electron chi connectivity index (χ2n) is 4.61. The van der Waals surface area contributed by atoms with E-state index in [1.54, 1.807) is 0 Å². The van der Waals surface area contributed by atoms with Crippen LogP contribution >= 0.6 is 11.3 Å². The molecule has 3 aromatic rings. The van der Waals surface area contributed by atoms with E-state index in [1.807, 2.05) is 48.7 Å². The average Bonchev–Trinajstić information content (AvgIpc) is 3.19. The number of nitrogens with zero attached hydrogens (tertiary/aromatic N) is 3. The maximum atomic E-state index is 5.79. The lowest BCUT2D eigenvalue weighted by molar-refractivity contribution is 0.122. The number of hydrogen-bond donors (Lipinski definition) is 1. The summed E-state index contributed by atoms with van der Waals surface area (Å²) in [5.41, 5.74) is 7.82. The van der Waals surface area contributed by atoms with E-state index >= 15 is 0 Å². The van der Waals surface area contributed by atoms with Gasteiger partial charge in [0, 0.05) is 5.56 Å². The van der Waals surface area contributed by atoms with Crippen molar-refractivity contribution in [2.24, 2.45) is 10.9 Å². The molecule has 3 rings (SSSR count). The van der Waals surface area contributed by atoms with E-state index in [2.05, 4.69) is 15.3 Å². The van der Waals surface area contributed by atoms with Gasteiger partial charge in [0.1, 0.15) is 0 Å². The molecule has 2 aromatic heterocycles. The molecule has 0 amide bonds. The minimum absolute atomic E-state index is 0.0986. The highest BCUT2D eigenvalue weighted by Gasteiger charge is 2.09. The lowest BCUT2D eigenvalue weighted by atomic mass is 10.1. The fourth-order valence-electron chi connectivity index (χ4n) is 1.75. The van der Waals surface area contributed by atoms with Crippen molar-refractivity contribution in [3.8, 4) is 11.5 Å². The SMILES string of the molecule is Cc1ccc(-c2nc(CO/N=C(\N)c3cccs3)no2)cc1. The Balaban J connectivity index is 1.62. The molecular formula is C15H14N4O2S. The summed E-state index contributed by atoms with van der Waals surface area (Å²) in [6, 6.07) is 11.6. The molecule has 0 saturated carbocycles. The molecule has 112 valence electrons. The number of rotatable bonds is 5. The minimum Gasteiger partial charge on any atom is -0.386 e. The van der Waals surface area contributed by atoms with Crippen molar-refractivity contribution in [1.29, 1.82) is 0 Å². The average molecular weight is 314 g/mol. The number of hydrogen-bond acceptors (Lipinski definition) is 6. The summed E-state index contributed by atoms with van der Waals surface area (Å²) in [4.78, 5) is 10.3. The number of nitrogens with two attached hydrogens (primary N) is 1. The Hall–Kier alpha value is -2.67. The van der Waals surface area contributed by atoms with E-state index in [-0.39, 0.29) is 6.61 Å². The van der Waals surface area contributed by atoms with E-state index in [1.165, 1.54) is 16.9 Å². The smallest absolute Gasteiger partial charge is 0.258 e. The summed E-state index contributed by atoms with van der Waals surface area (Å²) in [6.45, 7) is 2.12. The van der Waals surface area contributed by atoms with Crippen molar-refractivity contribution in [1.82, 2.24) is 10.1 Å². The first-order valence-corrected chi connectivity index (χ1v) is 7.49. The summed E-state index contributed by atoms with van der Waals surface area (Å²) in [5, 5.41) is 9.62. The molecule has 0 bridgehead atoms. The van der Waals surface area contributed by atoms with Crippen molar-refractivity contribution in [2.45, 2.75) is 13.5 Å². The van der Waals surface area contributed by atoms with Crippen LogP contribution in [0.2, 0.25) is 0 Å². The predicted molar refractivity (Wildman–Crippen MR) is 84.3 cm³/mol. The van der Waals surface area contributed by atoms with Gasteiger partial charge in [-0.3, -0.25) is 0 Å². The van der Waals surface area contributed by atoms with Gasteiger partial charge in [-0.15, -0.1) is 11.3 Å². The maximum absolute atomic E-state index is 5.79. The highest BCUT2D eigenvalue weighted by atomic mass is 32.1. The van der Waals surface area contributed by atoms with Crippen molar-refractivity contribution in [3.63, 3.8) is 0 Å². The number of aromatic nitrogens is 2. The molecule has 0 spiro atoms. The first kappa shape index (κ1) is 14.3. The molecule has 6 nitrogen and oxygen atoms in total. The van der Waals surface area contributed by atoms with Crippen LogP contribution in [0.5, 0.6) is 0 Å². The Bertz CT molecular complexity index is 763. The first-order chi connectivity index (χ1) is 10.7. The van der Waals surface area contributed by atoms with Crippen LogP contribution in [-0.4, -0.2) is 16.0 Å². The topological polar surface area (TPSA) is 86.5 Å². The molecule has 0 aliphatic heterocycles. The molecule has 0 aliphatic rings. The number of aryl methyl sites for hydroxylation is 1. The second-order valence-corrected chi connectivity index (χ2v) is 5.56. The van der Waals surface area contributed by atoms with Crippen LogP contribution in [0.25, 0.3) is 11.5 Å². The summed E-state index contributed by atoms with van der Waals surface area (Å²) < 4.78 is 5.20. The first-order valence-electron chi connectivity index (χ1n) is 6.61. The summed E-state index contributed by atoms with van der Waals surface area (Å²) >= 11 is 1.49. The van der Waals surface area contributed by atoms with Crippen LogP contribution in [0, 0.1) is 6.92 Å². The van der Waals surface area contributed by atoms with E-state index in [9.17, 15) is 0 Å². The fourth-order valence-corrected chi connectivity index (χ4v) is 2.37. The van der Waals surface area contributed by atoms with Gasteiger partial charge < -0.3 is 15.1 Å². The largest absolute Gasteiger partial charge is 0.386 e. The number of oxime groups is 1. The molecular weight excluding hydrogens is 300 g/mol. The lowest BCUT2D eigenvalue weighted by Crippen LogP contribution is -2.12. The molecule has 2 N–H and O–H groups in total. The van der Waals surface area contributed by atoms with E-state index < -0.39 is 0 Å². The Morgan fingerprint density at radius 3 is 2.86 bits per heavy atom. The number of benzene rings is 1. The van der Waals surface area contributed by atoms with Gasteiger partial charge in [-0.2, -0.15) is 4.98 Å². The van der Waals surface area contributed by atoms with Crippen LogP contribution in [0.4, 0.5) is 0 Å². The van der Waals surface area contributed by atoms with Gasteiger partial charge in [-0.25, -0.2) is 0 Å². The highest BCUT2D eigenvalue weighted by Crippen LogP contribution is 2.17. The molecule has 2 heterocycles. The summed E-state index contributed by atoms with van der Waals surface area (Å²) in [5.74, 6) is 1.20. The van der Waals surface area contributed by atoms with Crippen LogP contribution in [0.3, 0.4) is 0 Å². The number of amidine groups is 1. The van der Waals surface area contributed by atoms with Crippen molar-refractivity contribution < 1.29 is 9.36 Å². The van der Waals surface area contributed by atoms with Gasteiger partial charge in [0.25, 0.3) is 5.89 Å². The van der Waals surface area contributed by atoms with E-state index in [0.717, 1.165) is 10.4 Å². The van der Waals surface area contributed by atoms with Crippen molar-refractivity contribution in [3.05, 3.63) is 58.0 Å². The Kier molecular flexibility index (Phi) is 4.15. The zero-order valence-corrected chi connectivity index (χ0v) is 12.7. The van der Waals surface area contributed by atoms with Crippen molar-refractivity contribution in [2.75, 3.05) is 0 Å². The standard InChI is InChI=1S/C15H14N4O2S/c1-10-4-6-11(7-5-10)15-17-13(18-21-15)9-20-19-14(16)12-3-2-8-22-12/h2-8H,9H2,1H3,(H2,16,19). The quantitative estimate of drug-likeness (QED) is 0.444. The molecule has 0 fully saturated rings. The third kappa shape index (κ3) is 3.32. The van der Waals surface area contributed by atoms with Gasteiger partial charge in [-0.1, -0.05) is 34.1 Å². The summed E-state index contributed by atoms with van der Waals surface area (Å²) in [6.07, 6.45) is 0. The molecule has 0 unspecified atom stereocenters. The van der Waals surface area contributed by atoms with Gasteiger partial charge in [-0.05, 0) is 30.5 Å². The molecule has 7 heteroatoms. The molecule has 0 atom stereocenters. The van der Waals surface area contributed by atoms with Gasteiger partial charge >= 0.3 is 0 Å². The maximum Gasteiger partial charge on any atom is 0.258 e. The van der Waals surface area contributed by atoms with E-state index in [4.69, 9.17) is 15.1 Å². The van der Waals surface area contributed by atoms with Gasteiger partial charge in [0.2, 0.25) is 5.82 Å². The molecule has 22 heavy (non-hydrogen) atoms. The number of thiophene rings is 1. The normalized spacial score (nSPS) is 11.6. The zero-order valence-electron chi connectivity index (χ0n) is 11.9. The van der Waals surface area contributed by atoms with Crippen LogP contribution in [0.1, 0.15) is 16.3 Å². The molecule has 1 aromatic carbocycles. The van der Waals surface area contributed by atoms with Crippen LogP contribution in [0.15, 0.2) is 51.5 Å². The van der Waals surface area contributed by atoms with Crippen LogP contribution in [-0.2, 0) is 11.4 Å². The predicted octanol–water partition coefficient (Wildman–Crippen LogP) is 2.94. The minimum atomic E-state index is 0.0986. The van der Waals surface area contributed by atoms with Crippen molar-refractivity contribution >= 4 is 17.2 Å². The third-order valence-electron chi connectivity index (χ3n) is 2.90. The van der Waals surface area contributed by atoms with Gasteiger partial charge in [0.05, 0.1) is 4.88 Å². The van der Waals surface area contributed by atoms with Gasteiger partial charge in [0.15, 0.2) is 12.4 Å². The highest BCUT2D eigenvalue weighted by molar-refractivity contribution is 7.12. The zero-order chi connectivity index (χ0) is 15.4. The monoisotopic (exact) mass is 314 g/mol. The second kappa shape index (κ2) is 6.40. The molecule has 0 saturated heterocycles.